The molecule has 3 rings (SSSR count). The number of nitrogens with zero attached hydrogens (tertiary/aromatic N) is 1. The average molecular weight is 384 g/mol. The van der Waals surface area contributed by atoms with Gasteiger partial charge in [0.25, 0.3) is 0 Å². The van der Waals surface area contributed by atoms with Crippen molar-refractivity contribution in [2.24, 2.45) is 5.73 Å². The highest BCUT2D eigenvalue weighted by atomic mass is 16.5. The van der Waals surface area contributed by atoms with Gasteiger partial charge in [-0.15, -0.1) is 0 Å². The van der Waals surface area contributed by atoms with Crippen molar-refractivity contribution in [2.45, 2.75) is 52.2 Å². The number of fused-ring (bicyclic) bond motifs is 1. The van der Waals surface area contributed by atoms with Gasteiger partial charge >= 0.3 is 5.63 Å². The summed E-state index contributed by atoms with van der Waals surface area (Å²) in [5.41, 5.74) is 6.73. The predicted molar refractivity (Wildman–Crippen MR) is 102 cm³/mol. The van der Waals surface area contributed by atoms with E-state index in [1.165, 1.54) is 0 Å². The summed E-state index contributed by atoms with van der Waals surface area (Å²) >= 11 is 0. The summed E-state index contributed by atoms with van der Waals surface area (Å²) in [5.74, 6) is 0.794. The Morgan fingerprint density at radius 3 is 2.79 bits per heavy atom. The maximum Gasteiger partial charge on any atom is 0.343 e. The first-order valence-corrected chi connectivity index (χ1v) is 9.26. The molecule has 2 aliphatic rings. The van der Waals surface area contributed by atoms with Crippen LogP contribution in [-0.2, 0) is 9.47 Å². The first-order valence-electron chi connectivity index (χ1n) is 9.26. The maximum absolute atomic E-state index is 12.6. The first kappa shape index (κ1) is 19.8. The van der Waals surface area contributed by atoms with E-state index in [-0.39, 0.29) is 29.2 Å². The van der Waals surface area contributed by atoms with Crippen molar-refractivity contribution >= 4 is 0 Å². The third kappa shape index (κ3) is 3.69. The van der Waals surface area contributed by atoms with Crippen LogP contribution in [-0.4, -0.2) is 18.8 Å². The molecule has 1 aliphatic heterocycles. The summed E-state index contributed by atoms with van der Waals surface area (Å²) in [7, 11) is 0. The Morgan fingerprint density at radius 1 is 1.39 bits per heavy atom. The van der Waals surface area contributed by atoms with E-state index >= 15 is 0 Å². The fourth-order valence-electron chi connectivity index (χ4n) is 3.51. The molecule has 7 heteroatoms. The molecule has 2 N–H and O–H groups in total. The predicted octanol–water partition coefficient (Wildman–Crippen LogP) is 3.16. The first-order chi connectivity index (χ1) is 13.3. The molecule has 148 valence electrons. The number of rotatable bonds is 5. The molecule has 7 nitrogen and oxygen atoms in total. The Morgan fingerprint density at radius 2 is 2.14 bits per heavy atom. The van der Waals surface area contributed by atoms with Crippen LogP contribution in [0.4, 0.5) is 0 Å². The van der Waals surface area contributed by atoms with Crippen LogP contribution in [0.15, 0.2) is 50.2 Å². The number of allylic oxidation sites excluding steroid dienone is 3. The third-order valence-electron chi connectivity index (χ3n) is 4.57. The lowest BCUT2D eigenvalue weighted by molar-refractivity contribution is 0.0185. The molecule has 0 spiro atoms. The number of nitriles is 1. The third-order valence-corrected chi connectivity index (χ3v) is 4.57. The van der Waals surface area contributed by atoms with E-state index < -0.39 is 11.5 Å². The van der Waals surface area contributed by atoms with Crippen LogP contribution in [0.5, 0.6) is 5.75 Å². The van der Waals surface area contributed by atoms with Gasteiger partial charge in [0.05, 0.1) is 17.6 Å². The zero-order valence-corrected chi connectivity index (χ0v) is 16.4. The van der Waals surface area contributed by atoms with E-state index in [1.54, 1.807) is 13.0 Å². The summed E-state index contributed by atoms with van der Waals surface area (Å²) in [6.45, 7) is 7.96. The van der Waals surface area contributed by atoms with E-state index in [9.17, 15) is 10.1 Å². The van der Waals surface area contributed by atoms with E-state index in [0.29, 0.717) is 24.5 Å². The van der Waals surface area contributed by atoms with Crippen LogP contribution in [0, 0.1) is 18.3 Å². The van der Waals surface area contributed by atoms with Crippen LogP contribution in [0.3, 0.4) is 0 Å². The lowest BCUT2D eigenvalue weighted by Gasteiger charge is -2.31. The van der Waals surface area contributed by atoms with Gasteiger partial charge in [0.15, 0.2) is 0 Å². The molecule has 1 aromatic rings. The molecule has 0 fully saturated rings. The fraction of sp³-hybridized carbons (Fsp3) is 0.429. The van der Waals surface area contributed by atoms with E-state index in [0.717, 1.165) is 11.3 Å². The van der Waals surface area contributed by atoms with Gasteiger partial charge in [-0.1, -0.05) is 11.6 Å². The second kappa shape index (κ2) is 7.95. The molecule has 1 aliphatic carbocycles. The molecule has 0 bridgehead atoms. The lowest BCUT2D eigenvalue weighted by Crippen LogP contribution is -2.30. The highest BCUT2D eigenvalue weighted by molar-refractivity contribution is 5.54. The Balaban J connectivity index is 2.11. The monoisotopic (exact) mass is 384 g/mol. The van der Waals surface area contributed by atoms with Crippen LogP contribution < -0.4 is 16.1 Å². The molecule has 0 amide bonds. The molecule has 0 radical (unpaired) electrons. The quantitative estimate of drug-likeness (QED) is 0.830. The molecule has 1 aromatic heterocycles. The molecule has 28 heavy (non-hydrogen) atoms. The molecular weight excluding hydrogens is 360 g/mol. The maximum atomic E-state index is 12.6. The summed E-state index contributed by atoms with van der Waals surface area (Å²) in [5, 5.41) is 9.67. The van der Waals surface area contributed by atoms with Gasteiger partial charge in [0, 0.05) is 19.1 Å². The zero-order chi connectivity index (χ0) is 20.4. The molecule has 0 saturated carbocycles. The van der Waals surface area contributed by atoms with Crippen molar-refractivity contribution in [3.05, 3.63) is 62.8 Å². The minimum absolute atomic E-state index is 0.00735. The minimum atomic E-state index is -0.648. The van der Waals surface area contributed by atoms with Gasteiger partial charge in [-0.05, 0) is 33.8 Å². The van der Waals surface area contributed by atoms with Crippen LogP contribution in [0.2, 0.25) is 0 Å². The van der Waals surface area contributed by atoms with Crippen LogP contribution >= 0.6 is 0 Å². The van der Waals surface area contributed by atoms with Gasteiger partial charge in [0.1, 0.15) is 35.0 Å². The Bertz CT molecular complexity index is 962. The van der Waals surface area contributed by atoms with Crippen LogP contribution in [0.25, 0.3) is 0 Å². The highest BCUT2D eigenvalue weighted by Crippen LogP contribution is 2.43. The fourth-order valence-corrected chi connectivity index (χ4v) is 3.51. The van der Waals surface area contributed by atoms with Crippen molar-refractivity contribution in [3.8, 4) is 11.8 Å². The largest absolute Gasteiger partial charge is 0.493 e. The van der Waals surface area contributed by atoms with Crippen molar-refractivity contribution < 1.29 is 18.6 Å². The van der Waals surface area contributed by atoms with E-state index in [1.807, 2.05) is 32.9 Å². The van der Waals surface area contributed by atoms with Crippen molar-refractivity contribution in [2.75, 3.05) is 6.61 Å². The minimum Gasteiger partial charge on any atom is -0.493 e. The standard InChI is InChI=1S/C21H24N2O5/c1-5-25-16-9-13(6-7-15(16)26-11(2)3)18-14(10-22)20(23)28-17-8-12(4)27-21(24)19(17)18/h6-8,11,16,18H,5,9,23H2,1-4H3/t16-,18-/m1/s1. The summed E-state index contributed by atoms with van der Waals surface area (Å²) in [6, 6.07) is 3.70. The zero-order valence-electron chi connectivity index (χ0n) is 16.4. The number of hydrogen-bond acceptors (Lipinski definition) is 7. The van der Waals surface area contributed by atoms with Crippen molar-refractivity contribution in [3.63, 3.8) is 0 Å². The topological polar surface area (TPSA) is 108 Å². The Labute approximate surface area is 163 Å². The number of ether oxygens (including phenoxy) is 3. The van der Waals surface area contributed by atoms with E-state index in [2.05, 4.69) is 6.07 Å². The number of hydrogen-bond donors (Lipinski definition) is 1. The normalized spacial score (nSPS) is 21.4. The van der Waals surface area contributed by atoms with Crippen molar-refractivity contribution in [1.29, 1.82) is 5.26 Å². The van der Waals surface area contributed by atoms with Crippen molar-refractivity contribution in [1.82, 2.24) is 0 Å². The van der Waals surface area contributed by atoms with Gasteiger partial charge in [-0.3, -0.25) is 0 Å². The van der Waals surface area contributed by atoms with Gasteiger partial charge in [-0.2, -0.15) is 5.26 Å². The van der Waals surface area contributed by atoms with E-state index in [4.69, 9.17) is 24.4 Å². The molecule has 0 aromatic carbocycles. The van der Waals surface area contributed by atoms with Gasteiger partial charge in [0.2, 0.25) is 5.88 Å². The lowest BCUT2D eigenvalue weighted by atomic mass is 9.80. The number of aryl methyl sites for hydroxylation is 1. The number of nitrogens with two attached hydrogens (primary N) is 1. The average Bonchev–Trinajstić information content (AvgIpc) is 2.61. The summed E-state index contributed by atoms with van der Waals surface area (Å²) in [6.07, 6.45) is 3.85. The highest BCUT2D eigenvalue weighted by Gasteiger charge is 2.37. The second-order valence-corrected chi connectivity index (χ2v) is 6.97. The summed E-state index contributed by atoms with van der Waals surface area (Å²) < 4.78 is 22.5. The Kier molecular flexibility index (Phi) is 5.61. The SMILES string of the molecule is CCO[C@@H]1CC([C@@H]2C(C#N)=C(N)Oc3cc(C)oc(=O)c32)=CC=C1OC(C)C. The molecule has 0 saturated heterocycles. The van der Waals surface area contributed by atoms with Gasteiger partial charge < -0.3 is 24.4 Å². The Hall–Kier alpha value is -2.98. The molecule has 2 atom stereocenters. The second-order valence-electron chi connectivity index (χ2n) is 6.97. The molecule has 0 unspecified atom stereocenters. The molecule has 2 heterocycles. The smallest absolute Gasteiger partial charge is 0.343 e. The summed E-state index contributed by atoms with van der Waals surface area (Å²) in [4.78, 5) is 12.6. The van der Waals surface area contributed by atoms with Crippen LogP contribution in [0.1, 0.15) is 44.4 Å². The van der Waals surface area contributed by atoms with Gasteiger partial charge in [-0.25, -0.2) is 4.79 Å². The molecular formula is C21H24N2O5.